The third-order valence-corrected chi connectivity index (χ3v) is 3.58. The summed E-state index contributed by atoms with van der Waals surface area (Å²) in [6, 6.07) is 0.185. The quantitative estimate of drug-likeness (QED) is 0.773. The lowest BCUT2D eigenvalue weighted by atomic mass is 10.0. The van der Waals surface area contributed by atoms with Gasteiger partial charge in [0.25, 0.3) is 0 Å². The minimum Gasteiger partial charge on any atom is -0.353 e. The van der Waals surface area contributed by atoms with Crippen LogP contribution in [0.1, 0.15) is 40.0 Å². The lowest BCUT2D eigenvalue weighted by Crippen LogP contribution is -2.48. The molecule has 0 aromatic rings. The van der Waals surface area contributed by atoms with Gasteiger partial charge in [0.2, 0.25) is 11.8 Å². The van der Waals surface area contributed by atoms with Crippen LogP contribution in [0.5, 0.6) is 0 Å². The Labute approximate surface area is 115 Å². The van der Waals surface area contributed by atoms with E-state index >= 15 is 0 Å². The monoisotopic (exact) mass is 269 g/mol. The van der Waals surface area contributed by atoms with Gasteiger partial charge in [-0.05, 0) is 18.8 Å². The predicted molar refractivity (Wildman–Crippen MR) is 75.4 cm³/mol. The molecule has 1 unspecified atom stereocenters. The first-order valence-electron chi connectivity index (χ1n) is 7.22. The average molecular weight is 269 g/mol. The standard InChI is InChI=1S/C14H27N3O2/c1-10(2)8-13(18)17-6-4-12(5-7-17)16-14(19)11(3)9-15/h10-12H,4-9,15H2,1-3H3,(H,16,19). The third kappa shape index (κ3) is 5.19. The number of hydrogen-bond acceptors (Lipinski definition) is 3. The number of nitrogens with two attached hydrogens (primary N) is 1. The van der Waals surface area contributed by atoms with E-state index in [-0.39, 0.29) is 23.8 Å². The molecule has 3 N–H and O–H groups in total. The highest BCUT2D eigenvalue weighted by molar-refractivity contribution is 5.79. The zero-order valence-electron chi connectivity index (χ0n) is 12.3. The normalized spacial score (nSPS) is 18.5. The minimum atomic E-state index is -0.138. The van der Waals surface area contributed by atoms with Crippen molar-refractivity contribution in [3.63, 3.8) is 0 Å². The summed E-state index contributed by atoms with van der Waals surface area (Å²) in [5.74, 6) is 0.514. The van der Waals surface area contributed by atoms with Gasteiger partial charge >= 0.3 is 0 Å². The Morgan fingerprint density at radius 2 is 1.84 bits per heavy atom. The third-order valence-electron chi connectivity index (χ3n) is 3.58. The summed E-state index contributed by atoms with van der Waals surface area (Å²) >= 11 is 0. The molecule has 110 valence electrons. The van der Waals surface area contributed by atoms with Crippen LogP contribution >= 0.6 is 0 Å². The van der Waals surface area contributed by atoms with E-state index in [2.05, 4.69) is 19.2 Å². The molecular weight excluding hydrogens is 242 g/mol. The molecule has 0 aliphatic carbocycles. The Hall–Kier alpha value is -1.10. The van der Waals surface area contributed by atoms with Crippen molar-refractivity contribution in [1.82, 2.24) is 10.2 Å². The van der Waals surface area contributed by atoms with Gasteiger partial charge in [0.15, 0.2) is 0 Å². The summed E-state index contributed by atoms with van der Waals surface area (Å²) in [5, 5.41) is 3.01. The molecule has 1 aliphatic heterocycles. The molecule has 1 aliphatic rings. The first-order chi connectivity index (χ1) is 8.93. The molecule has 0 saturated carbocycles. The zero-order valence-corrected chi connectivity index (χ0v) is 12.3. The zero-order chi connectivity index (χ0) is 14.4. The smallest absolute Gasteiger partial charge is 0.224 e. The fourth-order valence-corrected chi connectivity index (χ4v) is 2.20. The number of carbonyl (C=O) groups excluding carboxylic acids is 2. The SMILES string of the molecule is CC(C)CC(=O)N1CCC(NC(=O)C(C)CN)CC1. The molecule has 2 amide bonds. The predicted octanol–water partition coefficient (Wildman–Crippen LogP) is 0.735. The molecule has 1 heterocycles. The molecule has 1 fully saturated rings. The number of likely N-dealkylation sites (tertiary alicyclic amines) is 1. The number of piperidine rings is 1. The van der Waals surface area contributed by atoms with Gasteiger partial charge in [0.05, 0.1) is 0 Å². The second-order valence-electron chi connectivity index (χ2n) is 5.90. The topological polar surface area (TPSA) is 75.4 Å². The fraction of sp³-hybridized carbons (Fsp3) is 0.857. The fourth-order valence-electron chi connectivity index (χ4n) is 2.20. The first-order valence-corrected chi connectivity index (χ1v) is 7.22. The Balaban J connectivity index is 2.33. The molecule has 19 heavy (non-hydrogen) atoms. The molecule has 1 saturated heterocycles. The number of nitrogens with zero attached hydrogens (tertiary/aromatic N) is 1. The molecule has 5 heteroatoms. The van der Waals surface area contributed by atoms with Crippen molar-refractivity contribution >= 4 is 11.8 Å². The van der Waals surface area contributed by atoms with E-state index in [9.17, 15) is 9.59 Å². The second kappa shape index (κ2) is 7.48. The van der Waals surface area contributed by atoms with Gasteiger partial charge in [-0.3, -0.25) is 9.59 Å². The van der Waals surface area contributed by atoms with Crippen molar-refractivity contribution < 1.29 is 9.59 Å². The highest BCUT2D eigenvalue weighted by atomic mass is 16.2. The van der Waals surface area contributed by atoms with Gasteiger partial charge in [-0.25, -0.2) is 0 Å². The lowest BCUT2D eigenvalue weighted by Gasteiger charge is -2.33. The average Bonchev–Trinajstić information content (AvgIpc) is 2.37. The van der Waals surface area contributed by atoms with Crippen molar-refractivity contribution in [2.75, 3.05) is 19.6 Å². The van der Waals surface area contributed by atoms with Crippen molar-refractivity contribution in [1.29, 1.82) is 0 Å². The van der Waals surface area contributed by atoms with E-state index < -0.39 is 0 Å². The number of amides is 2. The van der Waals surface area contributed by atoms with E-state index in [1.165, 1.54) is 0 Å². The van der Waals surface area contributed by atoms with Crippen LogP contribution in [0.4, 0.5) is 0 Å². The van der Waals surface area contributed by atoms with Crippen LogP contribution in [-0.4, -0.2) is 42.4 Å². The van der Waals surface area contributed by atoms with E-state index in [4.69, 9.17) is 5.73 Å². The highest BCUT2D eigenvalue weighted by Crippen LogP contribution is 2.14. The summed E-state index contributed by atoms with van der Waals surface area (Å²) in [5.41, 5.74) is 5.47. The molecule has 1 rings (SSSR count). The van der Waals surface area contributed by atoms with Crippen molar-refractivity contribution in [3.8, 4) is 0 Å². The van der Waals surface area contributed by atoms with Gasteiger partial charge in [-0.15, -0.1) is 0 Å². The molecule has 0 aromatic heterocycles. The van der Waals surface area contributed by atoms with Gasteiger partial charge in [-0.2, -0.15) is 0 Å². The Morgan fingerprint density at radius 3 is 2.32 bits per heavy atom. The van der Waals surface area contributed by atoms with Crippen LogP contribution in [0.25, 0.3) is 0 Å². The van der Waals surface area contributed by atoms with Gasteiger partial charge < -0.3 is 16.0 Å². The molecule has 0 spiro atoms. The Kier molecular flexibility index (Phi) is 6.28. The van der Waals surface area contributed by atoms with Gasteiger partial charge in [0, 0.05) is 38.0 Å². The maximum atomic E-state index is 11.9. The molecule has 0 radical (unpaired) electrons. The van der Waals surface area contributed by atoms with Crippen LogP contribution < -0.4 is 11.1 Å². The molecule has 1 atom stereocenters. The van der Waals surface area contributed by atoms with Crippen LogP contribution in [0.15, 0.2) is 0 Å². The Morgan fingerprint density at radius 1 is 1.26 bits per heavy atom. The van der Waals surface area contributed by atoms with E-state index in [1.807, 2.05) is 11.8 Å². The molecule has 0 aromatic carbocycles. The first kappa shape index (κ1) is 16.0. The second-order valence-corrected chi connectivity index (χ2v) is 5.90. The minimum absolute atomic E-state index is 0.0226. The van der Waals surface area contributed by atoms with Crippen molar-refractivity contribution in [3.05, 3.63) is 0 Å². The molecule has 0 bridgehead atoms. The summed E-state index contributed by atoms with van der Waals surface area (Å²) in [6.07, 6.45) is 2.29. The van der Waals surface area contributed by atoms with E-state index in [0.29, 0.717) is 18.9 Å². The number of rotatable bonds is 5. The summed E-state index contributed by atoms with van der Waals surface area (Å²) in [6.45, 7) is 7.80. The number of carbonyl (C=O) groups is 2. The summed E-state index contributed by atoms with van der Waals surface area (Å²) < 4.78 is 0. The van der Waals surface area contributed by atoms with E-state index in [0.717, 1.165) is 25.9 Å². The maximum Gasteiger partial charge on any atom is 0.224 e. The van der Waals surface area contributed by atoms with Crippen LogP contribution in [0.2, 0.25) is 0 Å². The molecular formula is C14H27N3O2. The van der Waals surface area contributed by atoms with Crippen LogP contribution in [0.3, 0.4) is 0 Å². The summed E-state index contributed by atoms with van der Waals surface area (Å²) in [7, 11) is 0. The maximum absolute atomic E-state index is 11.9. The van der Waals surface area contributed by atoms with Crippen molar-refractivity contribution in [2.24, 2.45) is 17.6 Å². The highest BCUT2D eigenvalue weighted by Gasteiger charge is 2.24. The van der Waals surface area contributed by atoms with Crippen molar-refractivity contribution in [2.45, 2.75) is 46.1 Å². The van der Waals surface area contributed by atoms with Crippen LogP contribution in [-0.2, 0) is 9.59 Å². The van der Waals surface area contributed by atoms with Gasteiger partial charge in [0.1, 0.15) is 0 Å². The molecule has 5 nitrogen and oxygen atoms in total. The number of nitrogens with one attached hydrogen (secondary N) is 1. The van der Waals surface area contributed by atoms with Gasteiger partial charge in [-0.1, -0.05) is 20.8 Å². The largest absolute Gasteiger partial charge is 0.353 e. The lowest BCUT2D eigenvalue weighted by molar-refractivity contribution is -0.133. The van der Waals surface area contributed by atoms with Crippen LogP contribution in [0, 0.1) is 11.8 Å². The summed E-state index contributed by atoms with van der Waals surface area (Å²) in [4.78, 5) is 25.6. The van der Waals surface area contributed by atoms with E-state index in [1.54, 1.807) is 0 Å². The Bertz CT molecular complexity index is 310. The number of hydrogen-bond donors (Lipinski definition) is 2.